The Kier molecular flexibility index (Phi) is 5.86. The van der Waals surface area contributed by atoms with E-state index in [2.05, 4.69) is 24.2 Å². The van der Waals surface area contributed by atoms with E-state index < -0.39 is 0 Å². The summed E-state index contributed by atoms with van der Waals surface area (Å²) in [4.78, 5) is 3.07. The maximum Gasteiger partial charge on any atom is 0.170 e. The molecule has 0 saturated heterocycles. The Morgan fingerprint density at radius 2 is 2.27 bits per heavy atom. The third kappa shape index (κ3) is 3.99. The summed E-state index contributed by atoms with van der Waals surface area (Å²) in [5.41, 5.74) is 1.41. The molecule has 1 aromatic rings. The van der Waals surface area contributed by atoms with Gasteiger partial charge in [-0.2, -0.15) is 0 Å². The zero-order valence-electron chi connectivity index (χ0n) is 6.81. The molecule has 0 saturated carbocycles. The van der Waals surface area contributed by atoms with Gasteiger partial charge < -0.3 is 12.4 Å². The number of nitrogens with one attached hydrogen (secondary N) is 1. The van der Waals surface area contributed by atoms with Crippen molar-refractivity contribution >= 4 is 0 Å². The van der Waals surface area contributed by atoms with Crippen molar-refractivity contribution in [2.24, 2.45) is 0 Å². The monoisotopic (exact) mass is 171 g/mol. The first-order chi connectivity index (χ1) is 4.93. The first-order valence-electron chi connectivity index (χ1n) is 3.88. The number of aryl methyl sites for hydroxylation is 1. The summed E-state index contributed by atoms with van der Waals surface area (Å²) in [6, 6.07) is 4.21. The fourth-order valence-electron chi connectivity index (χ4n) is 0.967. The highest BCUT2D eigenvalue weighted by Gasteiger charge is 1.91. The van der Waals surface area contributed by atoms with Crippen molar-refractivity contribution < 1.29 is 17.4 Å². The number of pyridine rings is 1. The molecular weight excluding hydrogens is 158 g/mol. The van der Waals surface area contributed by atoms with Crippen molar-refractivity contribution in [1.29, 1.82) is 0 Å². The quantitative estimate of drug-likeness (QED) is 0.546. The topological polar surface area (TPSA) is 14.1 Å². The Balaban J connectivity index is 0.000001000. The van der Waals surface area contributed by atoms with Gasteiger partial charge in [0, 0.05) is 11.6 Å². The Morgan fingerprint density at radius 1 is 1.45 bits per heavy atom. The van der Waals surface area contributed by atoms with Crippen molar-refractivity contribution in [2.45, 2.75) is 26.2 Å². The molecule has 0 aliphatic heterocycles. The number of rotatable bonds is 3. The van der Waals surface area contributed by atoms with Crippen LogP contribution in [0.2, 0.25) is 0 Å². The number of aromatic amines is 1. The van der Waals surface area contributed by atoms with Crippen LogP contribution in [0.5, 0.6) is 0 Å². The van der Waals surface area contributed by atoms with E-state index in [0.29, 0.717) is 0 Å². The normalized spacial score (nSPS) is 8.82. The molecule has 11 heavy (non-hydrogen) atoms. The van der Waals surface area contributed by atoms with Gasteiger partial charge >= 0.3 is 0 Å². The van der Waals surface area contributed by atoms with Gasteiger partial charge in [-0.15, -0.1) is 0 Å². The summed E-state index contributed by atoms with van der Waals surface area (Å²) in [6.45, 7) is 2.21. The second-order valence-corrected chi connectivity index (χ2v) is 2.52. The van der Waals surface area contributed by atoms with E-state index in [1.54, 1.807) is 0 Å². The van der Waals surface area contributed by atoms with Gasteiger partial charge in [0.15, 0.2) is 12.4 Å². The van der Waals surface area contributed by atoms with Crippen LogP contribution in [0.1, 0.15) is 25.3 Å². The van der Waals surface area contributed by atoms with Gasteiger partial charge in [0.1, 0.15) is 0 Å². The molecule has 1 aromatic heterocycles. The minimum atomic E-state index is 0. The lowest BCUT2D eigenvalue weighted by Gasteiger charge is -1.92. The smallest absolute Gasteiger partial charge is 0.170 e. The molecule has 0 bridgehead atoms. The third-order valence-corrected chi connectivity index (χ3v) is 1.59. The Morgan fingerprint density at radius 3 is 2.82 bits per heavy atom. The van der Waals surface area contributed by atoms with E-state index in [1.165, 1.54) is 24.8 Å². The van der Waals surface area contributed by atoms with Crippen LogP contribution in [0.15, 0.2) is 24.5 Å². The highest BCUT2D eigenvalue weighted by atomic mass is 35.5. The molecule has 0 aliphatic rings. The molecule has 2 heteroatoms. The molecule has 0 amide bonds. The molecule has 1 N–H and O–H groups in total. The molecule has 0 unspecified atom stereocenters. The largest absolute Gasteiger partial charge is 1.00 e. The van der Waals surface area contributed by atoms with E-state index >= 15 is 0 Å². The number of unbranched alkanes of at least 4 members (excludes halogenated alkanes) is 1. The van der Waals surface area contributed by atoms with Crippen molar-refractivity contribution in [3.8, 4) is 0 Å². The van der Waals surface area contributed by atoms with Crippen LogP contribution < -0.4 is 17.4 Å². The molecule has 0 atom stereocenters. The van der Waals surface area contributed by atoms with Crippen molar-refractivity contribution in [1.82, 2.24) is 0 Å². The minimum Gasteiger partial charge on any atom is -1.00 e. The molecule has 0 aliphatic carbocycles. The van der Waals surface area contributed by atoms with Crippen molar-refractivity contribution in [2.75, 3.05) is 0 Å². The van der Waals surface area contributed by atoms with E-state index in [9.17, 15) is 0 Å². The lowest BCUT2D eigenvalue weighted by molar-refractivity contribution is -0.378. The van der Waals surface area contributed by atoms with Crippen molar-refractivity contribution in [3.63, 3.8) is 0 Å². The average molecular weight is 172 g/mol. The first-order valence-corrected chi connectivity index (χ1v) is 3.88. The highest BCUT2D eigenvalue weighted by Crippen LogP contribution is 1.99. The summed E-state index contributed by atoms with van der Waals surface area (Å²) < 4.78 is 0. The molecule has 62 valence electrons. The first kappa shape index (κ1) is 10.4. The van der Waals surface area contributed by atoms with Crippen LogP contribution in [-0.2, 0) is 6.42 Å². The average Bonchev–Trinajstić information content (AvgIpc) is 2.03. The zero-order chi connectivity index (χ0) is 7.23. The minimum absolute atomic E-state index is 0. The number of hydrogen-bond donors (Lipinski definition) is 0. The van der Waals surface area contributed by atoms with Crippen LogP contribution in [0.3, 0.4) is 0 Å². The molecule has 1 heterocycles. The number of aromatic nitrogens is 1. The van der Waals surface area contributed by atoms with Crippen LogP contribution in [0.25, 0.3) is 0 Å². The zero-order valence-corrected chi connectivity index (χ0v) is 7.56. The van der Waals surface area contributed by atoms with Crippen LogP contribution in [-0.4, -0.2) is 0 Å². The number of hydrogen-bond acceptors (Lipinski definition) is 0. The van der Waals surface area contributed by atoms with E-state index in [4.69, 9.17) is 0 Å². The van der Waals surface area contributed by atoms with Gasteiger partial charge in [0.25, 0.3) is 0 Å². The highest BCUT2D eigenvalue weighted by molar-refractivity contribution is 5.04. The predicted molar refractivity (Wildman–Crippen MR) is 41.6 cm³/mol. The van der Waals surface area contributed by atoms with Crippen molar-refractivity contribution in [3.05, 3.63) is 30.1 Å². The summed E-state index contributed by atoms with van der Waals surface area (Å²) in [7, 11) is 0. The molecular formula is C9H14ClN. The second kappa shape index (κ2) is 6.17. The van der Waals surface area contributed by atoms with E-state index in [1.807, 2.05) is 12.3 Å². The molecule has 1 nitrogen and oxygen atoms in total. The standard InChI is InChI=1S/C9H13N.ClH/c1-2-3-5-9-6-4-7-10-8-9;/h4,6-8H,2-3,5H2,1H3;1H. The molecule has 0 fully saturated rings. The molecule has 0 aromatic carbocycles. The molecule has 0 spiro atoms. The maximum absolute atomic E-state index is 3.07. The fourth-order valence-corrected chi connectivity index (χ4v) is 0.967. The SMILES string of the molecule is CCCCc1ccc[nH+]c1.[Cl-]. The molecule has 0 radical (unpaired) electrons. The van der Waals surface area contributed by atoms with Crippen LogP contribution in [0, 0.1) is 0 Å². The van der Waals surface area contributed by atoms with Gasteiger partial charge in [0.05, 0.1) is 0 Å². The predicted octanol–water partition coefficient (Wildman–Crippen LogP) is -1.15. The summed E-state index contributed by atoms with van der Waals surface area (Å²) >= 11 is 0. The molecule has 1 rings (SSSR count). The van der Waals surface area contributed by atoms with Gasteiger partial charge in [-0.25, -0.2) is 4.98 Å². The summed E-state index contributed by atoms with van der Waals surface area (Å²) in [5, 5.41) is 0. The lowest BCUT2D eigenvalue weighted by Crippen LogP contribution is -3.00. The fraction of sp³-hybridized carbons (Fsp3) is 0.444. The van der Waals surface area contributed by atoms with Gasteiger partial charge in [-0.05, 0) is 18.9 Å². The van der Waals surface area contributed by atoms with E-state index in [0.717, 1.165) is 0 Å². The van der Waals surface area contributed by atoms with Crippen LogP contribution in [0.4, 0.5) is 0 Å². The Bertz CT molecular complexity index is 174. The maximum atomic E-state index is 3.07. The second-order valence-electron chi connectivity index (χ2n) is 2.52. The number of H-pyrrole nitrogens is 1. The Hall–Kier alpha value is -0.560. The summed E-state index contributed by atoms with van der Waals surface area (Å²) in [6.07, 6.45) is 7.77. The summed E-state index contributed by atoms with van der Waals surface area (Å²) in [5.74, 6) is 0. The van der Waals surface area contributed by atoms with Gasteiger partial charge in [-0.3, -0.25) is 0 Å². The lowest BCUT2D eigenvalue weighted by atomic mass is 10.1. The van der Waals surface area contributed by atoms with Gasteiger partial charge in [-0.1, -0.05) is 13.3 Å². The van der Waals surface area contributed by atoms with E-state index in [-0.39, 0.29) is 12.4 Å². The number of halogens is 1. The van der Waals surface area contributed by atoms with Crippen LogP contribution >= 0.6 is 0 Å². The third-order valence-electron chi connectivity index (χ3n) is 1.59. The Labute approximate surface area is 74.3 Å². The van der Waals surface area contributed by atoms with Gasteiger partial charge in [0.2, 0.25) is 0 Å².